The summed E-state index contributed by atoms with van der Waals surface area (Å²) in [6.07, 6.45) is 2.73. The lowest BCUT2D eigenvalue weighted by molar-refractivity contribution is -0.134. The molecule has 1 aromatic heterocycles. The van der Waals surface area contributed by atoms with Crippen LogP contribution in [0.5, 0.6) is 0 Å². The number of amides is 3. The topological polar surface area (TPSA) is 61.9 Å². The quantitative estimate of drug-likeness (QED) is 0.563. The summed E-state index contributed by atoms with van der Waals surface area (Å²) in [5, 5.41) is 5.65. The normalized spacial score (nSPS) is 15.5. The van der Waals surface area contributed by atoms with Crippen molar-refractivity contribution in [3.05, 3.63) is 56.7 Å². The molecule has 8 heteroatoms. The van der Waals surface area contributed by atoms with Gasteiger partial charge in [-0.05, 0) is 47.5 Å². The second-order valence-corrected chi connectivity index (χ2v) is 9.03. The fourth-order valence-electron chi connectivity index (χ4n) is 3.78. The van der Waals surface area contributed by atoms with Gasteiger partial charge in [-0.15, -0.1) is 11.3 Å². The third-order valence-electron chi connectivity index (χ3n) is 5.46. The summed E-state index contributed by atoms with van der Waals surface area (Å²) in [4.78, 5) is 30.8. The van der Waals surface area contributed by atoms with Gasteiger partial charge in [-0.2, -0.15) is 0 Å². The van der Waals surface area contributed by atoms with Crippen LogP contribution < -0.4 is 5.32 Å². The molecule has 3 amide bonds. The second kappa shape index (κ2) is 11.5. The van der Waals surface area contributed by atoms with Gasteiger partial charge in [0.1, 0.15) is 6.54 Å². The van der Waals surface area contributed by atoms with Gasteiger partial charge in [0, 0.05) is 36.6 Å². The molecule has 0 aliphatic carbocycles. The predicted octanol–water partition coefficient (Wildman–Crippen LogP) is 4.33. The number of unbranched alkanes of at least 4 members (excludes halogenated alkanes) is 1. The van der Waals surface area contributed by atoms with Crippen LogP contribution in [0.3, 0.4) is 0 Å². The average molecular weight is 464 g/mol. The molecule has 1 aliphatic rings. The van der Waals surface area contributed by atoms with Crippen LogP contribution >= 0.6 is 22.9 Å². The van der Waals surface area contributed by atoms with Crippen molar-refractivity contribution >= 4 is 34.9 Å². The maximum absolute atomic E-state index is 13.4. The van der Waals surface area contributed by atoms with Crippen molar-refractivity contribution in [1.29, 1.82) is 0 Å². The molecule has 1 N–H and O–H groups in total. The van der Waals surface area contributed by atoms with E-state index in [1.165, 1.54) is 4.88 Å². The van der Waals surface area contributed by atoms with Crippen molar-refractivity contribution in [1.82, 2.24) is 15.1 Å². The molecule has 1 unspecified atom stereocenters. The Morgan fingerprint density at radius 3 is 2.77 bits per heavy atom. The summed E-state index contributed by atoms with van der Waals surface area (Å²) >= 11 is 7.82. The molecule has 1 aromatic carbocycles. The summed E-state index contributed by atoms with van der Waals surface area (Å²) < 4.78 is 5.16. The molecule has 3 rings (SSSR count). The van der Waals surface area contributed by atoms with Gasteiger partial charge >= 0.3 is 6.03 Å². The first-order valence-corrected chi connectivity index (χ1v) is 11.9. The number of ether oxygens (including phenoxy) is 1. The zero-order valence-electron chi connectivity index (χ0n) is 18.1. The molecule has 1 aliphatic heterocycles. The number of fused-ring (bicyclic) bond motifs is 1. The average Bonchev–Trinajstić information content (AvgIpc) is 3.25. The predicted molar refractivity (Wildman–Crippen MR) is 125 cm³/mol. The maximum Gasteiger partial charge on any atom is 0.317 e. The number of benzene rings is 1. The van der Waals surface area contributed by atoms with Crippen LogP contribution in [0.1, 0.15) is 41.8 Å². The van der Waals surface area contributed by atoms with E-state index in [0.29, 0.717) is 31.3 Å². The number of hydrogen-bond donors (Lipinski definition) is 1. The summed E-state index contributed by atoms with van der Waals surface area (Å²) in [7, 11) is 1.59. The van der Waals surface area contributed by atoms with E-state index in [-0.39, 0.29) is 24.5 Å². The minimum atomic E-state index is -0.227. The monoisotopic (exact) mass is 463 g/mol. The van der Waals surface area contributed by atoms with Crippen LogP contribution in [0.25, 0.3) is 0 Å². The van der Waals surface area contributed by atoms with E-state index in [2.05, 4.69) is 23.7 Å². The van der Waals surface area contributed by atoms with Crippen molar-refractivity contribution in [2.24, 2.45) is 0 Å². The number of rotatable bonds is 9. The maximum atomic E-state index is 13.4. The molecule has 6 nitrogen and oxygen atoms in total. The highest BCUT2D eigenvalue weighted by molar-refractivity contribution is 7.10. The number of thiophene rings is 1. The van der Waals surface area contributed by atoms with Crippen molar-refractivity contribution in [3.63, 3.8) is 0 Å². The zero-order chi connectivity index (χ0) is 22.2. The molecule has 0 spiro atoms. The van der Waals surface area contributed by atoms with E-state index in [0.717, 1.165) is 30.4 Å². The number of nitrogens with one attached hydrogen (secondary N) is 1. The highest BCUT2D eigenvalue weighted by Crippen LogP contribution is 2.38. The van der Waals surface area contributed by atoms with E-state index in [1.807, 2.05) is 29.2 Å². The molecule has 0 radical (unpaired) electrons. The van der Waals surface area contributed by atoms with Crippen molar-refractivity contribution < 1.29 is 14.3 Å². The fraction of sp³-hybridized carbons (Fsp3) is 0.478. The van der Waals surface area contributed by atoms with E-state index in [1.54, 1.807) is 23.3 Å². The Labute approximate surface area is 193 Å². The Kier molecular flexibility index (Phi) is 8.75. The molecule has 2 heterocycles. The molecular weight excluding hydrogens is 434 g/mol. The number of urea groups is 1. The van der Waals surface area contributed by atoms with Crippen LogP contribution in [-0.2, 0) is 16.0 Å². The number of halogens is 1. The zero-order valence-corrected chi connectivity index (χ0v) is 19.7. The van der Waals surface area contributed by atoms with E-state index in [9.17, 15) is 9.59 Å². The van der Waals surface area contributed by atoms with Crippen LogP contribution in [0, 0.1) is 0 Å². The largest absolute Gasteiger partial charge is 0.383 e. The van der Waals surface area contributed by atoms with Crippen molar-refractivity contribution in [3.8, 4) is 0 Å². The van der Waals surface area contributed by atoms with Crippen molar-refractivity contribution in [2.75, 3.05) is 39.9 Å². The lowest BCUT2D eigenvalue weighted by atomic mass is 9.93. The van der Waals surface area contributed by atoms with Gasteiger partial charge in [-0.25, -0.2) is 4.79 Å². The Hall–Kier alpha value is -2.09. The van der Waals surface area contributed by atoms with Crippen molar-refractivity contribution in [2.45, 2.75) is 32.2 Å². The molecule has 0 saturated heterocycles. The first kappa shape index (κ1) is 23.6. The van der Waals surface area contributed by atoms with Gasteiger partial charge in [0.2, 0.25) is 5.91 Å². The third-order valence-corrected chi connectivity index (χ3v) is 6.71. The molecule has 0 fully saturated rings. The van der Waals surface area contributed by atoms with Crippen LogP contribution in [0.4, 0.5) is 4.79 Å². The van der Waals surface area contributed by atoms with Crippen LogP contribution in [0.15, 0.2) is 35.7 Å². The SMILES string of the molecule is CCCCNC(=O)N(CCOC)CC(=O)N1CCc2sccc2C1c1ccc(Cl)cc1. The second-order valence-electron chi connectivity index (χ2n) is 7.59. The Morgan fingerprint density at radius 1 is 1.29 bits per heavy atom. The molecule has 31 heavy (non-hydrogen) atoms. The smallest absolute Gasteiger partial charge is 0.317 e. The standard InChI is InChI=1S/C23H30ClN3O3S/c1-3-4-11-25-23(29)26(13-14-30-2)16-21(28)27-12-9-20-19(10-15-31-20)22(27)17-5-7-18(24)8-6-17/h5-8,10,15,22H,3-4,9,11-14,16H2,1-2H3,(H,25,29). The summed E-state index contributed by atoms with van der Waals surface area (Å²) in [6, 6.07) is 9.35. The Bertz CT molecular complexity index is 871. The fourth-order valence-corrected chi connectivity index (χ4v) is 4.81. The van der Waals surface area contributed by atoms with E-state index < -0.39 is 0 Å². The van der Waals surface area contributed by atoms with Gasteiger partial charge < -0.3 is 19.9 Å². The van der Waals surface area contributed by atoms with Gasteiger partial charge in [0.05, 0.1) is 12.6 Å². The molecule has 168 valence electrons. The van der Waals surface area contributed by atoms with Gasteiger partial charge in [-0.1, -0.05) is 37.1 Å². The number of carbonyl (C=O) groups is 2. The highest BCUT2D eigenvalue weighted by atomic mass is 35.5. The lowest BCUT2D eigenvalue weighted by Gasteiger charge is -2.37. The molecule has 0 saturated carbocycles. The number of carbonyl (C=O) groups excluding carboxylic acids is 2. The Morgan fingerprint density at radius 2 is 2.06 bits per heavy atom. The van der Waals surface area contributed by atoms with E-state index in [4.69, 9.17) is 16.3 Å². The van der Waals surface area contributed by atoms with Crippen LogP contribution in [0.2, 0.25) is 5.02 Å². The lowest BCUT2D eigenvalue weighted by Crippen LogP contribution is -2.50. The summed E-state index contributed by atoms with van der Waals surface area (Å²) in [5.41, 5.74) is 2.18. The van der Waals surface area contributed by atoms with Gasteiger partial charge in [0.15, 0.2) is 0 Å². The molecule has 0 bridgehead atoms. The first-order valence-electron chi connectivity index (χ1n) is 10.7. The summed E-state index contributed by atoms with van der Waals surface area (Å²) in [6.45, 7) is 4.06. The number of nitrogens with zero attached hydrogens (tertiary/aromatic N) is 2. The van der Waals surface area contributed by atoms with Gasteiger partial charge in [-0.3, -0.25) is 4.79 Å². The molecule has 2 aromatic rings. The third kappa shape index (κ3) is 5.99. The highest BCUT2D eigenvalue weighted by Gasteiger charge is 2.33. The molecular formula is C23H30ClN3O3S. The Balaban J connectivity index is 1.79. The first-order chi connectivity index (χ1) is 15.0. The van der Waals surface area contributed by atoms with Crippen LogP contribution in [-0.4, -0.2) is 61.6 Å². The number of hydrogen-bond acceptors (Lipinski definition) is 4. The number of methoxy groups -OCH3 is 1. The molecule has 1 atom stereocenters. The van der Waals surface area contributed by atoms with Gasteiger partial charge in [0.25, 0.3) is 0 Å². The minimum absolute atomic E-state index is 0.0187. The minimum Gasteiger partial charge on any atom is -0.383 e. The van der Waals surface area contributed by atoms with E-state index >= 15 is 0 Å². The summed E-state index contributed by atoms with van der Waals surface area (Å²) in [5.74, 6) is -0.0708.